The molecular formula is C21H23N5O2. The van der Waals surface area contributed by atoms with Crippen LogP contribution in [0.3, 0.4) is 0 Å². The van der Waals surface area contributed by atoms with Crippen LogP contribution < -0.4 is 4.74 Å². The highest BCUT2D eigenvalue weighted by Gasteiger charge is 2.26. The lowest BCUT2D eigenvalue weighted by Crippen LogP contribution is -2.44. The molecule has 144 valence electrons. The van der Waals surface area contributed by atoms with Crippen molar-refractivity contribution in [1.82, 2.24) is 24.4 Å². The van der Waals surface area contributed by atoms with Gasteiger partial charge in [0.05, 0.1) is 12.9 Å². The van der Waals surface area contributed by atoms with Crippen LogP contribution in [0, 0.1) is 6.92 Å². The summed E-state index contributed by atoms with van der Waals surface area (Å²) in [6.45, 7) is 3.89. The number of aryl methyl sites for hydroxylation is 1. The Morgan fingerprint density at radius 1 is 1.21 bits per heavy atom. The predicted octanol–water partition coefficient (Wildman–Crippen LogP) is 2.71. The van der Waals surface area contributed by atoms with E-state index in [1.807, 2.05) is 46.9 Å². The molecule has 1 unspecified atom stereocenters. The number of amides is 1. The van der Waals surface area contributed by atoms with E-state index in [0.717, 1.165) is 31.5 Å². The van der Waals surface area contributed by atoms with Gasteiger partial charge in [0.25, 0.3) is 5.91 Å². The van der Waals surface area contributed by atoms with Crippen molar-refractivity contribution in [2.75, 3.05) is 13.1 Å². The van der Waals surface area contributed by atoms with Crippen LogP contribution in [0.5, 0.6) is 5.88 Å². The summed E-state index contributed by atoms with van der Waals surface area (Å²) in [6.07, 6.45) is 8.94. The van der Waals surface area contributed by atoms with Crippen LogP contribution in [0.15, 0.2) is 55.2 Å². The summed E-state index contributed by atoms with van der Waals surface area (Å²) in [4.78, 5) is 27.2. The van der Waals surface area contributed by atoms with Gasteiger partial charge in [0.2, 0.25) is 5.88 Å². The zero-order chi connectivity index (χ0) is 19.3. The van der Waals surface area contributed by atoms with E-state index in [0.29, 0.717) is 23.8 Å². The fourth-order valence-corrected chi connectivity index (χ4v) is 3.42. The molecule has 1 aliphatic heterocycles. The summed E-state index contributed by atoms with van der Waals surface area (Å²) in [5, 5.41) is 0. The van der Waals surface area contributed by atoms with Gasteiger partial charge in [-0.15, -0.1) is 0 Å². The van der Waals surface area contributed by atoms with E-state index in [4.69, 9.17) is 4.74 Å². The maximum atomic E-state index is 12.9. The molecule has 0 bridgehead atoms. The van der Waals surface area contributed by atoms with Gasteiger partial charge in [-0.2, -0.15) is 4.98 Å². The maximum Gasteiger partial charge on any atom is 0.253 e. The molecule has 28 heavy (non-hydrogen) atoms. The highest BCUT2D eigenvalue weighted by atomic mass is 16.5. The van der Waals surface area contributed by atoms with Gasteiger partial charge in [0, 0.05) is 43.3 Å². The van der Waals surface area contributed by atoms with Crippen molar-refractivity contribution in [3.05, 3.63) is 72.2 Å². The second-order valence-electron chi connectivity index (χ2n) is 7.01. The van der Waals surface area contributed by atoms with Crippen LogP contribution >= 0.6 is 0 Å². The molecule has 1 amide bonds. The molecule has 7 nitrogen and oxygen atoms in total. The molecule has 0 N–H and O–H groups in total. The zero-order valence-corrected chi connectivity index (χ0v) is 15.9. The molecule has 7 heteroatoms. The molecule has 0 spiro atoms. The maximum absolute atomic E-state index is 12.9. The smallest absolute Gasteiger partial charge is 0.253 e. The van der Waals surface area contributed by atoms with Crippen LogP contribution in [-0.4, -0.2) is 49.5 Å². The Bertz CT molecular complexity index is 924. The Labute approximate surface area is 164 Å². The summed E-state index contributed by atoms with van der Waals surface area (Å²) >= 11 is 0. The topological polar surface area (TPSA) is 73.1 Å². The van der Waals surface area contributed by atoms with Crippen molar-refractivity contribution >= 4 is 5.91 Å². The van der Waals surface area contributed by atoms with Crippen molar-refractivity contribution in [1.29, 1.82) is 0 Å². The minimum Gasteiger partial charge on any atom is -0.472 e. The van der Waals surface area contributed by atoms with Gasteiger partial charge in [0.15, 0.2) is 0 Å². The van der Waals surface area contributed by atoms with Crippen LogP contribution in [0.1, 0.15) is 34.6 Å². The minimum atomic E-state index is -0.0486. The Kier molecular flexibility index (Phi) is 5.32. The molecule has 1 saturated heterocycles. The minimum absolute atomic E-state index is 0.0429. The highest BCUT2D eigenvalue weighted by molar-refractivity contribution is 5.94. The van der Waals surface area contributed by atoms with Gasteiger partial charge < -0.3 is 14.2 Å². The summed E-state index contributed by atoms with van der Waals surface area (Å²) in [5.41, 5.74) is 1.83. The van der Waals surface area contributed by atoms with Gasteiger partial charge >= 0.3 is 0 Å². The van der Waals surface area contributed by atoms with Crippen molar-refractivity contribution in [3.8, 4) is 5.88 Å². The summed E-state index contributed by atoms with van der Waals surface area (Å²) in [6, 6.07) is 9.54. The molecule has 3 heterocycles. The quantitative estimate of drug-likeness (QED) is 0.684. The third kappa shape index (κ3) is 4.36. The first-order valence-electron chi connectivity index (χ1n) is 9.47. The average Bonchev–Trinajstić information content (AvgIpc) is 3.21. The van der Waals surface area contributed by atoms with Crippen molar-refractivity contribution < 1.29 is 9.53 Å². The Morgan fingerprint density at radius 2 is 2.07 bits per heavy atom. The fourth-order valence-electron chi connectivity index (χ4n) is 3.42. The summed E-state index contributed by atoms with van der Waals surface area (Å²) < 4.78 is 7.97. The monoisotopic (exact) mass is 377 g/mol. The number of imidazole rings is 1. The van der Waals surface area contributed by atoms with E-state index >= 15 is 0 Å². The molecule has 2 aromatic heterocycles. The van der Waals surface area contributed by atoms with Crippen LogP contribution in [0.2, 0.25) is 0 Å². The summed E-state index contributed by atoms with van der Waals surface area (Å²) in [7, 11) is 0. The first kappa shape index (κ1) is 18.2. The van der Waals surface area contributed by atoms with Crippen molar-refractivity contribution in [2.24, 2.45) is 0 Å². The van der Waals surface area contributed by atoms with Gasteiger partial charge in [-0.05, 0) is 37.5 Å². The lowest BCUT2D eigenvalue weighted by Gasteiger charge is -2.32. The predicted molar refractivity (Wildman–Crippen MR) is 104 cm³/mol. The largest absolute Gasteiger partial charge is 0.472 e. The molecule has 0 radical (unpaired) electrons. The fraction of sp³-hybridized carbons (Fsp3) is 0.333. The number of rotatable bonds is 5. The van der Waals surface area contributed by atoms with Gasteiger partial charge in [-0.25, -0.2) is 9.97 Å². The number of nitrogens with zero attached hydrogens (tertiary/aromatic N) is 5. The van der Waals surface area contributed by atoms with E-state index in [1.165, 1.54) is 0 Å². The van der Waals surface area contributed by atoms with Gasteiger partial charge in [-0.1, -0.05) is 12.1 Å². The van der Waals surface area contributed by atoms with Crippen LogP contribution in [-0.2, 0) is 6.54 Å². The van der Waals surface area contributed by atoms with E-state index in [9.17, 15) is 4.79 Å². The number of likely N-dealkylation sites (tertiary alicyclic amines) is 1. The number of hydrogen-bond acceptors (Lipinski definition) is 5. The molecule has 1 fully saturated rings. The highest BCUT2D eigenvalue weighted by Crippen LogP contribution is 2.19. The molecule has 0 saturated carbocycles. The number of ether oxygens (including phenoxy) is 1. The first-order chi connectivity index (χ1) is 13.7. The molecule has 1 aromatic carbocycles. The normalized spacial score (nSPS) is 16.8. The second kappa shape index (κ2) is 8.21. The molecular weight excluding hydrogens is 354 g/mol. The standard InChI is InChI=1S/C21H23N5O2/c1-16-23-9-8-20(24-16)28-19-3-2-11-26(14-19)21(27)18-6-4-17(5-7-18)13-25-12-10-22-15-25/h4-10,12,15,19H,2-3,11,13-14H2,1H3. The van der Waals surface area contributed by atoms with E-state index in [2.05, 4.69) is 15.0 Å². The SMILES string of the molecule is Cc1nccc(OC2CCCN(C(=O)c3ccc(Cn4ccnc4)cc3)C2)n1. The van der Waals surface area contributed by atoms with Gasteiger partial charge in [0.1, 0.15) is 11.9 Å². The van der Waals surface area contributed by atoms with Crippen molar-refractivity contribution in [3.63, 3.8) is 0 Å². The van der Waals surface area contributed by atoms with Gasteiger partial charge in [-0.3, -0.25) is 4.79 Å². The third-order valence-corrected chi connectivity index (χ3v) is 4.83. The Morgan fingerprint density at radius 3 is 2.82 bits per heavy atom. The van der Waals surface area contributed by atoms with E-state index in [-0.39, 0.29) is 12.0 Å². The van der Waals surface area contributed by atoms with E-state index in [1.54, 1.807) is 24.8 Å². The molecule has 4 rings (SSSR count). The molecule has 1 aliphatic rings. The Balaban J connectivity index is 1.38. The zero-order valence-electron chi connectivity index (χ0n) is 15.9. The number of benzene rings is 1. The number of hydrogen-bond donors (Lipinski definition) is 0. The lowest BCUT2D eigenvalue weighted by molar-refractivity contribution is 0.0527. The van der Waals surface area contributed by atoms with Crippen LogP contribution in [0.25, 0.3) is 0 Å². The van der Waals surface area contributed by atoms with Crippen molar-refractivity contribution in [2.45, 2.75) is 32.4 Å². The number of carbonyl (C=O) groups excluding carboxylic acids is 1. The average molecular weight is 377 g/mol. The first-order valence-corrected chi connectivity index (χ1v) is 9.47. The molecule has 1 atom stereocenters. The van der Waals surface area contributed by atoms with Crippen LogP contribution in [0.4, 0.5) is 0 Å². The molecule has 3 aromatic rings. The summed E-state index contributed by atoms with van der Waals surface area (Å²) in [5.74, 6) is 1.29. The number of carbonyl (C=O) groups is 1. The molecule has 0 aliphatic carbocycles. The second-order valence-corrected chi connectivity index (χ2v) is 7.01. The van der Waals surface area contributed by atoms with E-state index < -0.39 is 0 Å². The third-order valence-electron chi connectivity index (χ3n) is 4.83. The lowest BCUT2D eigenvalue weighted by atomic mass is 10.1. The number of aromatic nitrogens is 4. The Hall–Kier alpha value is -3.22. The number of piperidine rings is 1.